The third-order valence-electron chi connectivity index (χ3n) is 4.74. The van der Waals surface area contributed by atoms with E-state index in [0.717, 1.165) is 5.56 Å². The molecule has 27 heavy (non-hydrogen) atoms. The highest BCUT2D eigenvalue weighted by atomic mass is 35.5. The number of para-hydroxylation sites is 1. The second kappa shape index (κ2) is 7.85. The number of nitrogens with zero attached hydrogens (tertiary/aromatic N) is 4. The zero-order chi connectivity index (χ0) is 18.1. The molecule has 0 radical (unpaired) electrons. The van der Waals surface area contributed by atoms with Gasteiger partial charge in [-0.25, -0.2) is 0 Å². The van der Waals surface area contributed by atoms with Gasteiger partial charge in [0, 0.05) is 44.5 Å². The van der Waals surface area contributed by atoms with Crippen molar-refractivity contribution < 1.29 is 4.79 Å². The fourth-order valence-electron chi connectivity index (χ4n) is 3.42. The van der Waals surface area contributed by atoms with Crippen LogP contribution in [-0.2, 0) is 7.05 Å². The number of piperazine rings is 1. The number of fused-ring (bicyclic) bond motifs is 1. The van der Waals surface area contributed by atoms with E-state index >= 15 is 0 Å². The van der Waals surface area contributed by atoms with E-state index in [2.05, 4.69) is 15.4 Å². The number of aromatic nitrogens is 3. The maximum Gasteiger partial charge on any atom is 0.279 e. The quantitative estimate of drug-likeness (QED) is 0.723. The molecule has 4 rings (SSSR count). The highest BCUT2D eigenvalue weighted by molar-refractivity contribution is 5.95. The number of carbonyl (C=O) groups is 1. The van der Waals surface area contributed by atoms with Gasteiger partial charge < -0.3 is 10.2 Å². The van der Waals surface area contributed by atoms with Gasteiger partial charge in [-0.15, -0.1) is 12.4 Å². The molecule has 0 saturated carbocycles. The standard InChI is InChI=1S/C19H19N5O2.ClH/c1-23-15-7-3-2-6-14(15)18(25)17(22-23)19(26)24-10-9-21-12-16(24)13-5-4-8-20-11-13;/h2-8,11,16,21H,9-10,12H2,1H3;1H. The molecule has 0 aliphatic carbocycles. The topological polar surface area (TPSA) is 80.1 Å². The van der Waals surface area contributed by atoms with Crippen molar-refractivity contribution in [1.82, 2.24) is 25.0 Å². The van der Waals surface area contributed by atoms with E-state index in [1.807, 2.05) is 24.3 Å². The van der Waals surface area contributed by atoms with Crippen LogP contribution in [0.3, 0.4) is 0 Å². The van der Waals surface area contributed by atoms with Gasteiger partial charge in [0.15, 0.2) is 5.69 Å². The van der Waals surface area contributed by atoms with Gasteiger partial charge in [0.25, 0.3) is 5.91 Å². The Morgan fingerprint density at radius 2 is 2.04 bits per heavy atom. The van der Waals surface area contributed by atoms with Crippen molar-refractivity contribution in [2.45, 2.75) is 6.04 Å². The molecule has 7 nitrogen and oxygen atoms in total. The SMILES string of the molecule is Cl.Cn1nc(C(=O)N2CCNCC2c2cccnc2)c(=O)c2ccccc21. The summed E-state index contributed by atoms with van der Waals surface area (Å²) in [6.07, 6.45) is 3.45. The van der Waals surface area contributed by atoms with Gasteiger partial charge in [0.2, 0.25) is 5.43 Å². The average Bonchev–Trinajstić information content (AvgIpc) is 2.71. The van der Waals surface area contributed by atoms with Crippen LogP contribution in [0.1, 0.15) is 22.1 Å². The maximum absolute atomic E-state index is 13.2. The second-order valence-electron chi connectivity index (χ2n) is 6.32. The van der Waals surface area contributed by atoms with Gasteiger partial charge in [-0.05, 0) is 23.8 Å². The number of nitrogens with one attached hydrogen (secondary N) is 1. The first-order chi connectivity index (χ1) is 12.7. The third-order valence-corrected chi connectivity index (χ3v) is 4.74. The summed E-state index contributed by atoms with van der Waals surface area (Å²) in [7, 11) is 1.74. The van der Waals surface area contributed by atoms with Gasteiger partial charge in [-0.2, -0.15) is 5.10 Å². The lowest BCUT2D eigenvalue weighted by Crippen LogP contribution is -2.50. The lowest BCUT2D eigenvalue weighted by molar-refractivity contribution is 0.0624. The van der Waals surface area contributed by atoms with Crippen molar-refractivity contribution in [3.05, 3.63) is 70.3 Å². The number of halogens is 1. The zero-order valence-corrected chi connectivity index (χ0v) is 15.6. The van der Waals surface area contributed by atoms with Crippen molar-refractivity contribution in [3.8, 4) is 0 Å². The van der Waals surface area contributed by atoms with Gasteiger partial charge in [0.05, 0.1) is 11.6 Å². The number of carbonyl (C=O) groups excluding carboxylic acids is 1. The number of pyridine rings is 1. The van der Waals surface area contributed by atoms with Crippen LogP contribution < -0.4 is 10.7 Å². The van der Waals surface area contributed by atoms with E-state index in [1.165, 1.54) is 0 Å². The molecule has 3 aromatic rings. The molecule has 140 valence electrons. The smallest absolute Gasteiger partial charge is 0.279 e. The summed E-state index contributed by atoms with van der Waals surface area (Å²) < 4.78 is 1.59. The molecule has 1 amide bonds. The average molecular weight is 386 g/mol. The first-order valence-corrected chi connectivity index (χ1v) is 8.54. The van der Waals surface area contributed by atoms with E-state index in [-0.39, 0.29) is 35.5 Å². The Hall–Kier alpha value is -2.77. The van der Waals surface area contributed by atoms with Gasteiger partial charge >= 0.3 is 0 Å². The van der Waals surface area contributed by atoms with Crippen LogP contribution in [0.4, 0.5) is 0 Å². The van der Waals surface area contributed by atoms with Crippen LogP contribution in [0, 0.1) is 0 Å². The Labute approximate surface area is 162 Å². The largest absolute Gasteiger partial charge is 0.327 e. The molecular formula is C19H20ClN5O2. The summed E-state index contributed by atoms with van der Waals surface area (Å²) in [5, 5.41) is 8.08. The molecule has 8 heteroatoms. The van der Waals surface area contributed by atoms with Crippen LogP contribution in [0.15, 0.2) is 53.6 Å². The van der Waals surface area contributed by atoms with E-state index in [0.29, 0.717) is 30.5 Å². The van der Waals surface area contributed by atoms with Crippen molar-refractivity contribution in [2.75, 3.05) is 19.6 Å². The van der Waals surface area contributed by atoms with E-state index in [9.17, 15) is 9.59 Å². The van der Waals surface area contributed by atoms with Crippen molar-refractivity contribution in [1.29, 1.82) is 0 Å². The molecule has 1 aromatic carbocycles. The number of hydrogen-bond acceptors (Lipinski definition) is 5. The second-order valence-corrected chi connectivity index (χ2v) is 6.32. The minimum absolute atomic E-state index is 0. The number of aryl methyl sites for hydroxylation is 1. The van der Waals surface area contributed by atoms with Crippen molar-refractivity contribution in [2.24, 2.45) is 7.05 Å². The van der Waals surface area contributed by atoms with Crippen molar-refractivity contribution in [3.63, 3.8) is 0 Å². The molecular weight excluding hydrogens is 366 g/mol. The monoisotopic (exact) mass is 385 g/mol. The zero-order valence-electron chi connectivity index (χ0n) is 14.8. The summed E-state index contributed by atoms with van der Waals surface area (Å²) in [4.78, 5) is 31.9. The van der Waals surface area contributed by atoms with Crippen LogP contribution in [0.5, 0.6) is 0 Å². The number of amides is 1. The Balaban J connectivity index is 0.00000210. The molecule has 1 atom stereocenters. The number of rotatable bonds is 2. The normalized spacial score (nSPS) is 16.8. The minimum Gasteiger partial charge on any atom is -0.327 e. The third kappa shape index (κ3) is 3.43. The van der Waals surface area contributed by atoms with E-state index in [1.54, 1.807) is 41.2 Å². The fraction of sp³-hybridized carbons (Fsp3) is 0.263. The van der Waals surface area contributed by atoms with Crippen LogP contribution >= 0.6 is 12.4 Å². The molecule has 1 aliphatic rings. The van der Waals surface area contributed by atoms with Gasteiger partial charge in [-0.3, -0.25) is 19.3 Å². The van der Waals surface area contributed by atoms with Gasteiger partial charge in [-0.1, -0.05) is 18.2 Å². The summed E-state index contributed by atoms with van der Waals surface area (Å²) in [6.45, 7) is 1.80. The molecule has 3 heterocycles. The number of benzene rings is 1. The molecule has 1 saturated heterocycles. The predicted molar refractivity (Wildman–Crippen MR) is 105 cm³/mol. The van der Waals surface area contributed by atoms with Crippen LogP contribution in [-0.4, -0.2) is 45.2 Å². The molecule has 1 fully saturated rings. The van der Waals surface area contributed by atoms with Crippen LogP contribution in [0.2, 0.25) is 0 Å². The lowest BCUT2D eigenvalue weighted by atomic mass is 10.0. The Bertz CT molecular complexity index is 1020. The summed E-state index contributed by atoms with van der Waals surface area (Å²) >= 11 is 0. The molecule has 0 spiro atoms. The highest BCUT2D eigenvalue weighted by Gasteiger charge is 2.31. The molecule has 1 aliphatic heterocycles. The van der Waals surface area contributed by atoms with Gasteiger partial charge in [0.1, 0.15) is 0 Å². The highest BCUT2D eigenvalue weighted by Crippen LogP contribution is 2.23. The van der Waals surface area contributed by atoms with Crippen LogP contribution in [0.25, 0.3) is 10.9 Å². The lowest BCUT2D eigenvalue weighted by Gasteiger charge is -2.36. The number of hydrogen-bond donors (Lipinski definition) is 1. The molecule has 0 bridgehead atoms. The first kappa shape index (κ1) is 19.0. The Morgan fingerprint density at radius 3 is 2.81 bits per heavy atom. The fourth-order valence-corrected chi connectivity index (χ4v) is 3.42. The first-order valence-electron chi connectivity index (χ1n) is 8.54. The minimum atomic E-state index is -0.341. The molecule has 1 unspecified atom stereocenters. The predicted octanol–water partition coefficient (Wildman–Crippen LogP) is 1.54. The molecule has 1 N–H and O–H groups in total. The Morgan fingerprint density at radius 1 is 1.22 bits per heavy atom. The Kier molecular flexibility index (Phi) is 5.53. The summed E-state index contributed by atoms with van der Waals surface area (Å²) in [5.41, 5.74) is 1.28. The van der Waals surface area contributed by atoms with E-state index < -0.39 is 0 Å². The van der Waals surface area contributed by atoms with E-state index in [4.69, 9.17) is 0 Å². The summed E-state index contributed by atoms with van der Waals surface area (Å²) in [6, 6.07) is 10.8. The maximum atomic E-state index is 13.2. The van der Waals surface area contributed by atoms with Crippen molar-refractivity contribution >= 4 is 29.2 Å². The molecule has 2 aromatic heterocycles. The summed E-state index contributed by atoms with van der Waals surface area (Å²) in [5.74, 6) is -0.341.